The van der Waals surface area contributed by atoms with Gasteiger partial charge in [0, 0.05) is 54.0 Å². The molecule has 0 radical (unpaired) electrons. The van der Waals surface area contributed by atoms with Crippen LogP contribution in [0.2, 0.25) is 0 Å². The third kappa shape index (κ3) is 8.50. The van der Waals surface area contributed by atoms with E-state index in [-0.39, 0.29) is 42.7 Å². The molecule has 2 heterocycles. The predicted molar refractivity (Wildman–Crippen MR) is 179 cm³/mol. The Labute approximate surface area is 270 Å². The fourth-order valence-corrected chi connectivity index (χ4v) is 5.96. The number of sulfonamides is 1. The molecular formula is C31H37Cl2FN6O3S. The third-order valence-electron chi connectivity index (χ3n) is 7.51. The van der Waals surface area contributed by atoms with Gasteiger partial charge in [-0.3, -0.25) is 14.5 Å². The summed E-state index contributed by atoms with van der Waals surface area (Å²) < 4.78 is 40.8. The van der Waals surface area contributed by atoms with Crippen LogP contribution >= 0.6 is 24.8 Å². The first kappa shape index (κ1) is 34.8. The van der Waals surface area contributed by atoms with Gasteiger partial charge in [0.15, 0.2) is 0 Å². The van der Waals surface area contributed by atoms with Crippen LogP contribution in [0.4, 0.5) is 26.2 Å². The Hall–Kier alpha value is -3.64. The fraction of sp³-hybridized carbons (Fsp3) is 0.290. The first-order chi connectivity index (χ1) is 20.1. The minimum atomic E-state index is -3.34. The number of para-hydroxylation sites is 1. The molecule has 0 unspecified atom stereocenters. The van der Waals surface area contributed by atoms with E-state index in [1.807, 2.05) is 65.9 Å². The van der Waals surface area contributed by atoms with Crippen molar-refractivity contribution in [1.82, 2.24) is 14.7 Å². The second-order valence-corrected chi connectivity index (χ2v) is 12.4. The summed E-state index contributed by atoms with van der Waals surface area (Å²) in [5, 5.41) is 7.69. The van der Waals surface area contributed by atoms with Crippen molar-refractivity contribution in [3.05, 3.63) is 102 Å². The minimum absolute atomic E-state index is 0. The second-order valence-electron chi connectivity index (χ2n) is 10.6. The average molecular weight is 664 g/mol. The molecule has 1 aromatic heterocycles. The molecule has 0 saturated carbocycles. The predicted octanol–water partition coefficient (Wildman–Crippen LogP) is 6.55. The summed E-state index contributed by atoms with van der Waals surface area (Å²) in [5.74, 6) is -0.351. The molecule has 2 amide bonds. The van der Waals surface area contributed by atoms with Gasteiger partial charge in [0.25, 0.3) is 0 Å². The molecule has 1 aliphatic rings. The first-order valence-corrected chi connectivity index (χ1v) is 15.7. The van der Waals surface area contributed by atoms with E-state index in [1.54, 1.807) is 24.3 Å². The lowest BCUT2D eigenvalue weighted by molar-refractivity contribution is 0.199. The standard InChI is InChI=1S/C31H35FN6O3S.2ClH/c1-22-30(23(2)38(34-22)29-15-13-26(14-16-29)35-42(3,40)41)21-36-19-17-28(18-20-36)37(27-7-5-4-6-8-27)31(39)33-25-11-9-24(32)10-12-25;;/h4-16,28,35H,17-21H2,1-3H3,(H,33,39);2*1H. The van der Waals surface area contributed by atoms with Gasteiger partial charge in [-0.1, -0.05) is 18.2 Å². The smallest absolute Gasteiger partial charge is 0.308 e. The maximum atomic E-state index is 13.4. The van der Waals surface area contributed by atoms with Crippen molar-refractivity contribution in [2.24, 2.45) is 0 Å². The third-order valence-corrected chi connectivity index (χ3v) is 8.12. The highest BCUT2D eigenvalue weighted by Gasteiger charge is 2.30. The number of aromatic nitrogens is 2. The molecule has 1 fully saturated rings. The maximum absolute atomic E-state index is 13.4. The molecule has 236 valence electrons. The lowest BCUT2D eigenvalue weighted by Crippen LogP contribution is -2.49. The van der Waals surface area contributed by atoms with E-state index in [1.165, 1.54) is 12.1 Å². The molecule has 1 aliphatic heterocycles. The van der Waals surface area contributed by atoms with Gasteiger partial charge in [-0.25, -0.2) is 22.3 Å². The summed E-state index contributed by atoms with van der Waals surface area (Å²) in [6, 6.07) is 22.3. The Morgan fingerprint density at radius 3 is 2.11 bits per heavy atom. The largest absolute Gasteiger partial charge is 0.326 e. The van der Waals surface area contributed by atoms with Crippen molar-refractivity contribution < 1.29 is 17.6 Å². The maximum Gasteiger partial charge on any atom is 0.326 e. The van der Waals surface area contributed by atoms with Crippen molar-refractivity contribution in [3.8, 4) is 5.69 Å². The molecule has 0 atom stereocenters. The van der Waals surface area contributed by atoms with E-state index in [0.717, 1.165) is 67.1 Å². The number of aryl methyl sites for hydroxylation is 1. The highest BCUT2D eigenvalue weighted by molar-refractivity contribution is 7.92. The van der Waals surface area contributed by atoms with Gasteiger partial charge in [0.1, 0.15) is 5.82 Å². The van der Waals surface area contributed by atoms with Crippen LogP contribution in [0, 0.1) is 19.7 Å². The molecule has 0 aliphatic carbocycles. The highest BCUT2D eigenvalue weighted by Crippen LogP contribution is 2.27. The van der Waals surface area contributed by atoms with Crippen molar-refractivity contribution in [2.75, 3.05) is 34.3 Å². The summed E-state index contributed by atoms with van der Waals surface area (Å²) in [7, 11) is -3.34. The number of benzene rings is 3. The number of urea groups is 1. The number of piperidine rings is 1. The summed E-state index contributed by atoms with van der Waals surface area (Å²) in [6.45, 7) is 6.41. The zero-order valence-electron chi connectivity index (χ0n) is 24.7. The van der Waals surface area contributed by atoms with Crippen LogP contribution in [0.15, 0.2) is 78.9 Å². The SMILES string of the molecule is Cc1nn(-c2ccc(NS(C)(=O)=O)cc2)c(C)c1CN1CCC(N(C(=O)Nc2ccc(F)cc2)c2ccccc2)CC1.Cl.Cl. The van der Waals surface area contributed by atoms with Crippen molar-refractivity contribution in [2.45, 2.75) is 39.3 Å². The van der Waals surface area contributed by atoms with E-state index in [9.17, 15) is 17.6 Å². The Morgan fingerprint density at radius 2 is 1.52 bits per heavy atom. The molecule has 1 saturated heterocycles. The number of rotatable bonds is 8. The Kier molecular flexibility index (Phi) is 11.8. The molecule has 13 heteroatoms. The quantitative estimate of drug-likeness (QED) is 0.223. The Balaban J connectivity index is 0.00000264. The summed E-state index contributed by atoms with van der Waals surface area (Å²) in [6.07, 6.45) is 2.72. The number of carbonyl (C=O) groups is 1. The number of amides is 2. The van der Waals surface area contributed by atoms with Gasteiger partial charge in [-0.15, -0.1) is 24.8 Å². The zero-order valence-corrected chi connectivity index (χ0v) is 27.2. The number of halogens is 3. The van der Waals surface area contributed by atoms with E-state index >= 15 is 0 Å². The number of nitrogens with one attached hydrogen (secondary N) is 2. The molecule has 44 heavy (non-hydrogen) atoms. The number of likely N-dealkylation sites (tertiary alicyclic amines) is 1. The number of nitrogens with zero attached hydrogens (tertiary/aromatic N) is 4. The normalized spacial score (nSPS) is 13.8. The second kappa shape index (κ2) is 14.9. The molecule has 3 aromatic carbocycles. The molecule has 4 aromatic rings. The number of anilines is 3. The van der Waals surface area contributed by atoms with E-state index in [2.05, 4.69) is 14.9 Å². The van der Waals surface area contributed by atoms with Gasteiger partial charge >= 0.3 is 6.03 Å². The van der Waals surface area contributed by atoms with Crippen molar-refractivity contribution in [1.29, 1.82) is 0 Å². The Bertz CT molecular complexity index is 1640. The van der Waals surface area contributed by atoms with E-state index in [4.69, 9.17) is 5.10 Å². The van der Waals surface area contributed by atoms with Crippen LogP contribution in [0.3, 0.4) is 0 Å². The van der Waals surface area contributed by atoms with E-state index in [0.29, 0.717) is 11.4 Å². The topological polar surface area (TPSA) is 99.6 Å². The van der Waals surface area contributed by atoms with E-state index < -0.39 is 10.0 Å². The van der Waals surface area contributed by atoms with Gasteiger partial charge in [0.05, 0.1) is 17.6 Å². The minimum Gasteiger partial charge on any atom is -0.308 e. The fourth-order valence-electron chi connectivity index (χ4n) is 5.40. The lowest BCUT2D eigenvalue weighted by Gasteiger charge is -2.38. The molecular weight excluding hydrogens is 626 g/mol. The van der Waals surface area contributed by atoms with Crippen LogP contribution in [0.1, 0.15) is 29.8 Å². The summed E-state index contributed by atoms with van der Waals surface area (Å²) in [4.78, 5) is 17.7. The molecule has 2 N–H and O–H groups in total. The van der Waals surface area contributed by atoms with Crippen LogP contribution in [0.5, 0.6) is 0 Å². The van der Waals surface area contributed by atoms with Crippen LogP contribution in [0.25, 0.3) is 5.69 Å². The van der Waals surface area contributed by atoms with Gasteiger partial charge in [-0.05, 0) is 87.4 Å². The highest BCUT2D eigenvalue weighted by atomic mass is 35.5. The monoisotopic (exact) mass is 662 g/mol. The molecule has 0 spiro atoms. The van der Waals surface area contributed by atoms with Crippen LogP contribution < -0.4 is 14.9 Å². The lowest BCUT2D eigenvalue weighted by atomic mass is 10.0. The number of carbonyl (C=O) groups excluding carboxylic acids is 1. The molecule has 9 nitrogen and oxygen atoms in total. The zero-order chi connectivity index (χ0) is 29.9. The Morgan fingerprint density at radius 1 is 0.932 bits per heavy atom. The van der Waals surface area contributed by atoms with Crippen LogP contribution in [-0.2, 0) is 16.6 Å². The van der Waals surface area contributed by atoms with Crippen LogP contribution in [-0.4, -0.2) is 54.5 Å². The summed E-state index contributed by atoms with van der Waals surface area (Å²) >= 11 is 0. The van der Waals surface area contributed by atoms with Gasteiger partial charge in [0.2, 0.25) is 10.0 Å². The summed E-state index contributed by atoms with van der Waals surface area (Å²) in [5.41, 5.74) is 5.85. The molecule has 5 rings (SSSR count). The van der Waals surface area contributed by atoms with Gasteiger partial charge < -0.3 is 5.32 Å². The van der Waals surface area contributed by atoms with Gasteiger partial charge in [-0.2, -0.15) is 5.10 Å². The average Bonchev–Trinajstić information content (AvgIpc) is 3.24. The first-order valence-electron chi connectivity index (χ1n) is 13.8. The van der Waals surface area contributed by atoms with Crippen molar-refractivity contribution >= 4 is 57.9 Å². The van der Waals surface area contributed by atoms with Crippen molar-refractivity contribution in [3.63, 3.8) is 0 Å². The number of hydrogen-bond acceptors (Lipinski definition) is 5. The number of hydrogen-bond donors (Lipinski definition) is 2. The molecule has 0 bridgehead atoms.